The van der Waals surface area contributed by atoms with Crippen molar-refractivity contribution in [3.05, 3.63) is 35.9 Å². The highest BCUT2D eigenvalue weighted by Crippen LogP contribution is 2.18. The molecule has 1 aromatic rings. The Morgan fingerprint density at radius 1 is 1.24 bits per heavy atom. The summed E-state index contributed by atoms with van der Waals surface area (Å²) in [6.45, 7) is 1.45. The van der Waals surface area contributed by atoms with E-state index in [1.165, 1.54) is 5.56 Å². The minimum absolute atomic E-state index is 0.154. The highest BCUT2D eigenvalue weighted by atomic mass is 32.2. The van der Waals surface area contributed by atoms with Crippen molar-refractivity contribution in [2.75, 3.05) is 18.8 Å². The molecule has 2 rings (SSSR count). The van der Waals surface area contributed by atoms with Gasteiger partial charge in [-0.3, -0.25) is 0 Å². The van der Waals surface area contributed by atoms with Crippen LogP contribution in [0.25, 0.3) is 0 Å². The summed E-state index contributed by atoms with van der Waals surface area (Å²) in [6.07, 6.45) is 2.60. The molecule has 0 radical (unpaired) electrons. The van der Waals surface area contributed by atoms with E-state index in [-0.39, 0.29) is 5.25 Å². The molecule has 4 heteroatoms. The lowest BCUT2D eigenvalue weighted by atomic mass is 10.1. The lowest BCUT2D eigenvalue weighted by molar-refractivity contribution is 0.574. The van der Waals surface area contributed by atoms with Crippen molar-refractivity contribution in [1.82, 2.24) is 5.32 Å². The molecule has 0 spiro atoms. The Morgan fingerprint density at radius 2 is 2.00 bits per heavy atom. The second-order valence-electron chi connectivity index (χ2n) is 4.57. The number of hydrogen-bond acceptors (Lipinski definition) is 3. The third-order valence-electron chi connectivity index (χ3n) is 3.27. The first kappa shape index (κ1) is 12.6. The van der Waals surface area contributed by atoms with Gasteiger partial charge in [-0.05, 0) is 31.4 Å². The highest BCUT2D eigenvalue weighted by Gasteiger charge is 2.30. The molecule has 0 aromatic heterocycles. The normalized spacial score (nSPS) is 22.7. The maximum absolute atomic E-state index is 11.6. The second kappa shape index (κ2) is 5.65. The van der Waals surface area contributed by atoms with Crippen LogP contribution in [0.5, 0.6) is 0 Å². The number of benzene rings is 1. The summed E-state index contributed by atoms with van der Waals surface area (Å²) >= 11 is 0. The van der Waals surface area contributed by atoms with Gasteiger partial charge in [-0.2, -0.15) is 0 Å². The fourth-order valence-electron chi connectivity index (χ4n) is 2.23. The van der Waals surface area contributed by atoms with E-state index in [0.29, 0.717) is 12.3 Å². The zero-order valence-corrected chi connectivity index (χ0v) is 10.7. The molecular formula is C13H19NO2S. The van der Waals surface area contributed by atoms with Gasteiger partial charge in [-0.15, -0.1) is 0 Å². The molecule has 0 amide bonds. The van der Waals surface area contributed by atoms with Crippen LogP contribution in [0.4, 0.5) is 0 Å². The third-order valence-corrected chi connectivity index (χ3v) is 5.54. The topological polar surface area (TPSA) is 46.2 Å². The lowest BCUT2D eigenvalue weighted by Gasteiger charge is -2.10. The Bertz CT molecular complexity index is 442. The Kier molecular flexibility index (Phi) is 4.18. The van der Waals surface area contributed by atoms with Crippen LogP contribution in [0.3, 0.4) is 0 Å². The highest BCUT2D eigenvalue weighted by molar-refractivity contribution is 7.92. The van der Waals surface area contributed by atoms with Gasteiger partial charge < -0.3 is 5.32 Å². The molecule has 0 aliphatic carbocycles. The third kappa shape index (κ3) is 3.54. The van der Waals surface area contributed by atoms with Crippen LogP contribution in [0, 0.1) is 0 Å². The zero-order valence-electron chi connectivity index (χ0n) is 9.93. The molecule has 1 fully saturated rings. The van der Waals surface area contributed by atoms with E-state index in [9.17, 15) is 8.42 Å². The predicted octanol–water partition coefficient (Wildman–Crippen LogP) is 1.40. The molecule has 1 N–H and O–H groups in total. The van der Waals surface area contributed by atoms with E-state index < -0.39 is 9.84 Å². The van der Waals surface area contributed by atoms with Crippen LogP contribution in [0.2, 0.25) is 0 Å². The van der Waals surface area contributed by atoms with Crippen molar-refractivity contribution in [3.8, 4) is 0 Å². The first-order valence-electron chi connectivity index (χ1n) is 6.15. The molecule has 1 unspecified atom stereocenters. The van der Waals surface area contributed by atoms with E-state index in [4.69, 9.17) is 0 Å². The molecule has 94 valence electrons. The smallest absolute Gasteiger partial charge is 0.154 e. The van der Waals surface area contributed by atoms with E-state index in [0.717, 1.165) is 25.8 Å². The standard InChI is InChI=1S/C13H19NO2S/c15-17(16)10-4-7-13(17)11-14-9-8-12-5-2-1-3-6-12/h1-3,5-6,13-14H,4,7-11H2. The monoisotopic (exact) mass is 253 g/mol. The van der Waals surface area contributed by atoms with E-state index >= 15 is 0 Å². The van der Waals surface area contributed by atoms with Crippen molar-refractivity contribution >= 4 is 9.84 Å². The van der Waals surface area contributed by atoms with Gasteiger partial charge in [-0.25, -0.2) is 8.42 Å². The van der Waals surface area contributed by atoms with Gasteiger partial charge in [0.05, 0.1) is 11.0 Å². The van der Waals surface area contributed by atoms with E-state index in [2.05, 4.69) is 17.4 Å². The first-order valence-corrected chi connectivity index (χ1v) is 7.86. The number of rotatable bonds is 5. The molecule has 1 heterocycles. The number of hydrogen-bond donors (Lipinski definition) is 1. The van der Waals surface area contributed by atoms with Gasteiger partial charge in [0.2, 0.25) is 0 Å². The zero-order chi connectivity index (χ0) is 12.1. The summed E-state index contributed by atoms with van der Waals surface area (Å²) in [6, 6.07) is 10.2. The van der Waals surface area contributed by atoms with Crippen LogP contribution in [-0.2, 0) is 16.3 Å². The van der Waals surface area contributed by atoms with Crippen molar-refractivity contribution in [2.45, 2.75) is 24.5 Å². The number of sulfone groups is 1. The van der Waals surface area contributed by atoms with Crippen LogP contribution < -0.4 is 5.32 Å². The summed E-state index contributed by atoms with van der Waals surface area (Å²) < 4.78 is 23.2. The lowest BCUT2D eigenvalue weighted by Crippen LogP contribution is -2.31. The summed E-state index contributed by atoms with van der Waals surface area (Å²) in [4.78, 5) is 0. The van der Waals surface area contributed by atoms with Gasteiger partial charge in [0.1, 0.15) is 0 Å². The van der Waals surface area contributed by atoms with Crippen molar-refractivity contribution in [1.29, 1.82) is 0 Å². The number of nitrogens with one attached hydrogen (secondary N) is 1. The molecule has 1 aromatic carbocycles. The van der Waals surface area contributed by atoms with Crippen molar-refractivity contribution in [2.24, 2.45) is 0 Å². The molecule has 1 aliphatic rings. The van der Waals surface area contributed by atoms with Gasteiger partial charge in [-0.1, -0.05) is 30.3 Å². The molecule has 1 aliphatic heterocycles. The second-order valence-corrected chi connectivity index (χ2v) is 6.97. The van der Waals surface area contributed by atoms with Crippen LogP contribution in [0.1, 0.15) is 18.4 Å². The predicted molar refractivity (Wildman–Crippen MR) is 69.8 cm³/mol. The SMILES string of the molecule is O=S1(=O)CCCC1CNCCc1ccccc1. The van der Waals surface area contributed by atoms with Crippen LogP contribution in [-0.4, -0.2) is 32.5 Å². The van der Waals surface area contributed by atoms with Crippen molar-refractivity contribution in [3.63, 3.8) is 0 Å². The quantitative estimate of drug-likeness (QED) is 0.807. The summed E-state index contributed by atoms with van der Waals surface area (Å²) in [5.41, 5.74) is 1.29. The molecular weight excluding hydrogens is 234 g/mol. The molecule has 0 saturated carbocycles. The Hall–Kier alpha value is -0.870. The average molecular weight is 253 g/mol. The largest absolute Gasteiger partial charge is 0.315 e. The van der Waals surface area contributed by atoms with Gasteiger partial charge in [0, 0.05) is 6.54 Å². The van der Waals surface area contributed by atoms with E-state index in [1.807, 2.05) is 18.2 Å². The van der Waals surface area contributed by atoms with Crippen LogP contribution in [0.15, 0.2) is 30.3 Å². The Labute approximate surface area is 103 Å². The average Bonchev–Trinajstić information content (AvgIpc) is 2.66. The molecule has 1 saturated heterocycles. The molecule has 3 nitrogen and oxygen atoms in total. The van der Waals surface area contributed by atoms with Crippen LogP contribution >= 0.6 is 0 Å². The maximum Gasteiger partial charge on any atom is 0.154 e. The maximum atomic E-state index is 11.6. The minimum Gasteiger partial charge on any atom is -0.315 e. The Balaban J connectivity index is 1.70. The Morgan fingerprint density at radius 3 is 2.65 bits per heavy atom. The summed E-state index contributed by atoms with van der Waals surface area (Å²) in [7, 11) is -2.79. The molecule has 17 heavy (non-hydrogen) atoms. The van der Waals surface area contributed by atoms with Crippen molar-refractivity contribution < 1.29 is 8.42 Å². The van der Waals surface area contributed by atoms with E-state index in [1.54, 1.807) is 0 Å². The summed E-state index contributed by atoms with van der Waals surface area (Å²) in [5.74, 6) is 0.373. The molecule has 1 atom stereocenters. The minimum atomic E-state index is -2.79. The van der Waals surface area contributed by atoms with Gasteiger partial charge >= 0.3 is 0 Å². The molecule has 0 bridgehead atoms. The first-order chi connectivity index (χ1) is 8.18. The van der Waals surface area contributed by atoms with Gasteiger partial charge in [0.15, 0.2) is 9.84 Å². The van der Waals surface area contributed by atoms with Gasteiger partial charge in [0.25, 0.3) is 0 Å². The fourth-order valence-corrected chi connectivity index (χ4v) is 4.03. The fraction of sp³-hybridized carbons (Fsp3) is 0.538. The summed E-state index contributed by atoms with van der Waals surface area (Å²) in [5, 5.41) is 3.10.